The molecule has 0 saturated carbocycles. The second-order valence-corrected chi connectivity index (χ2v) is 8.26. The zero-order valence-electron chi connectivity index (χ0n) is 18.9. The van der Waals surface area contributed by atoms with Gasteiger partial charge in [-0.3, -0.25) is 4.79 Å². The van der Waals surface area contributed by atoms with E-state index in [2.05, 4.69) is 58.4 Å². The van der Waals surface area contributed by atoms with Crippen LogP contribution >= 0.6 is 0 Å². The third kappa shape index (κ3) is 4.00. The summed E-state index contributed by atoms with van der Waals surface area (Å²) in [4.78, 5) is 17.2. The Hall–Kier alpha value is -3.93. The number of piperazine rings is 1. The molecule has 33 heavy (non-hydrogen) atoms. The Labute approximate surface area is 193 Å². The number of fused-ring (bicyclic) bond motifs is 1. The smallest absolute Gasteiger partial charge is 0.257 e. The summed E-state index contributed by atoms with van der Waals surface area (Å²) in [5, 5.41) is 11.4. The maximum absolute atomic E-state index is 13.1. The summed E-state index contributed by atoms with van der Waals surface area (Å²) in [5.41, 5.74) is 3.76. The normalized spacial score (nSPS) is 13.9. The summed E-state index contributed by atoms with van der Waals surface area (Å²) in [6.45, 7) is 4.71. The predicted octanol–water partition coefficient (Wildman–Crippen LogP) is 4.58. The number of amides is 1. The molecule has 6 heteroatoms. The van der Waals surface area contributed by atoms with E-state index in [-0.39, 0.29) is 5.91 Å². The van der Waals surface area contributed by atoms with Crippen LogP contribution in [0.1, 0.15) is 15.9 Å². The number of hydrogen-bond acceptors (Lipinski definition) is 5. The minimum atomic E-state index is -0.00207. The van der Waals surface area contributed by atoms with E-state index in [1.165, 1.54) is 5.56 Å². The van der Waals surface area contributed by atoms with Gasteiger partial charge in [0.2, 0.25) is 0 Å². The van der Waals surface area contributed by atoms with Gasteiger partial charge >= 0.3 is 0 Å². The first-order valence-corrected chi connectivity index (χ1v) is 11.2. The first-order valence-electron chi connectivity index (χ1n) is 11.2. The van der Waals surface area contributed by atoms with Crippen molar-refractivity contribution in [2.45, 2.75) is 6.92 Å². The highest BCUT2D eigenvalue weighted by Crippen LogP contribution is 2.32. The van der Waals surface area contributed by atoms with Gasteiger partial charge in [0, 0.05) is 42.5 Å². The quantitative estimate of drug-likeness (QED) is 0.467. The number of nitrogens with zero attached hydrogens (tertiary/aromatic N) is 4. The highest BCUT2D eigenvalue weighted by atomic mass is 16.5. The Bertz CT molecular complexity index is 1300. The molecule has 2 heterocycles. The SMILES string of the molecule is COc1ccccc1C(=O)N1CCN(c2nnc(-c3ccc(C)cc3)c3ccccc23)CC1. The van der Waals surface area contributed by atoms with Crippen LogP contribution in [0.3, 0.4) is 0 Å². The van der Waals surface area contributed by atoms with Crippen LogP contribution in [-0.4, -0.2) is 54.3 Å². The number of carbonyl (C=O) groups excluding carboxylic acids is 1. The molecule has 1 aliphatic heterocycles. The average molecular weight is 439 g/mol. The summed E-state index contributed by atoms with van der Waals surface area (Å²) >= 11 is 0. The number of rotatable bonds is 4. The van der Waals surface area contributed by atoms with E-state index in [9.17, 15) is 4.79 Å². The lowest BCUT2D eigenvalue weighted by Gasteiger charge is -2.36. The summed E-state index contributed by atoms with van der Waals surface area (Å²) in [5.74, 6) is 1.47. The fourth-order valence-corrected chi connectivity index (χ4v) is 4.36. The molecule has 5 rings (SSSR count). The van der Waals surface area contributed by atoms with Gasteiger partial charge in [-0.1, -0.05) is 66.2 Å². The molecule has 1 aromatic heterocycles. The predicted molar refractivity (Wildman–Crippen MR) is 131 cm³/mol. The number of anilines is 1. The molecule has 1 fully saturated rings. The van der Waals surface area contributed by atoms with Crippen LogP contribution in [0, 0.1) is 6.92 Å². The largest absolute Gasteiger partial charge is 0.496 e. The van der Waals surface area contributed by atoms with Crippen LogP contribution in [0.25, 0.3) is 22.0 Å². The second-order valence-electron chi connectivity index (χ2n) is 8.26. The molecule has 1 aliphatic rings. The van der Waals surface area contributed by atoms with Gasteiger partial charge in [0.05, 0.1) is 12.7 Å². The Morgan fingerprint density at radius 3 is 2.21 bits per heavy atom. The lowest BCUT2D eigenvalue weighted by molar-refractivity contribution is 0.0743. The maximum Gasteiger partial charge on any atom is 0.257 e. The highest BCUT2D eigenvalue weighted by Gasteiger charge is 2.26. The van der Waals surface area contributed by atoms with E-state index in [1.54, 1.807) is 7.11 Å². The van der Waals surface area contributed by atoms with E-state index in [0.29, 0.717) is 37.5 Å². The number of para-hydroxylation sites is 1. The zero-order valence-corrected chi connectivity index (χ0v) is 18.9. The van der Waals surface area contributed by atoms with Gasteiger partial charge in [-0.05, 0) is 19.1 Å². The monoisotopic (exact) mass is 438 g/mol. The van der Waals surface area contributed by atoms with E-state index >= 15 is 0 Å². The van der Waals surface area contributed by atoms with Crippen molar-refractivity contribution in [1.82, 2.24) is 15.1 Å². The van der Waals surface area contributed by atoms with Crippen LogP contribution in [-0.2, 0) is 0 Å². The number of methoxy groups -OCH3 is 1. The molecular weight excluding hydrogens is 412 g/mol. The van der Waals surface area contributed by atoms with Crippen LogP contribution in [0.4, 0.5) is 5.82 Å². The van der Waals surface area contributed by atoms with Gasteiger partial charge in [0.25, 0.3) is 5.91 Å². The molecule has 1 saturated heterocycles. The molecule has 0 atom stereocenters. The number of hydrogen-bond donors (Lipinski definition) is 0. The molecule has 0 radical (unpaired) electrons. The van der Waals surface area contributed by atoms with Crippen molar-refractivity contribution >= 4 is 22.5 Å². The topological polar surface area (TPSA) is 58.6 Å². The van der Waals surface area contributed by atoms with Gasteiger partial charge in [0.15, 0.2) is 5.82 Å². The second kappa shape index (κ2) is 8.90. The lowest BCUT2D eigenvalue weighted by atomic mass is 10.0. The summed E-state index contributed by atoms with van der Waals surface area (Å²) in [6.07, 6.45) is 0. The minimum absolute atomic E-state index is 0.00207. The zero-order chi connectivity index (χ0) is 22.8. The van der Waals surface area contributed by atoms with Gasteiger partial charge < -0.3 is 14.5 Å². The third-order valence-corrected chi connectivity index (χ3v) is 6.20. The van der Waals surface area contributed by atoms with Crippen molar-refractivity contribution in [2.24, 2.45) is 0 Å². The number of ether oxygens (including phenoxy) is 1. The Morgan fingerprint density at radius 2 is 1.48 bits per heavy atom. The molecule has 6 nitrogen and oxygen atoms in total. The third-order valence-electron chi connectivity index (χ3n) is 6.20. The van der Waals surface area contributed by atoms with E-state index in [4.69, 9.17) is 4.74 Å². The number of aryl methyl sites for hydroxylation is 1. The molecule has 0 N–H and O–H groups in total. The van der Waals surface area contributed by atoms with Crippen molar-refractivity contribution in [2.75, 3.05) is 38.2 Å². The summed E-state index contributed by atoms with van der Waals surface area (Å²) < 4.78 is 5.37. The standard InChI is InChI=1S/C27H26N4O2/c1-19-11-13-20(14-12-19)25-21-7-3-4-8-22(21)26(29-28-25)30-15-17-31(18-16-30)27(32)23-9-5-6-10-24(23)33-2/h3-14H,15-18H2,1-2H3. The Balaban J connectivity index is 1.40. The molecule has 166 valence electrons. The van der Waals surface area contributed by atoms with Crippen LogP contribution in [0.2, 0.25) is 0 Å². The fourth-order valence-electron chi connectivity index (χ4n) is 4.36. The van der Waals surface area contributed by atoms with E-state index in [0.717, 1.165) is 27.8 Å². The molecule has 4 aromatic rings. The van der Waals surface area contributed by atoms with Crippen molar-refractivity contribution in [3.05, 3.63) is 83.9 Å². The molecule has 0 aliphatic carbocycles. The summed E-state index contributed by atoms with van der Waals surface area (Å²) in [7, 11) is 1.59. The Kier molecular flexibility index (Phi) is 5.65. The molecule has 3 aromatic carbocycles. The average Bonchev–Trinajstić information content (AvgIpc) is 2.88. The van der Waals surface area contributed by atoms with Crippen LogP contribution in [0.5, 0.6) is 5.75 Å². The summed E-state index contributed by atoms with van der Waals surface area (Å²) in [6, 6.07) is 24.0. The van der Waals surface area contributed by atoms with Crippen molar-refractivity contribution in [1.29, 1.82) is 0 Å². The minimum Gasteiger partial charge on any atom is -0.496 e. The van der Waals surface area contributed by atoms with Gasteiger partial charge in [-0.2, -0.15) is 0 Å². The lowest BCUT2D eigenvalue weighted by Crippen LogP contribution is -2.49. The molecule has 0 bridgehead atoms. The van der Waals surface area contributed by atoms with Gasteiger partial charge in [-0.15, -0.1) is 10.2 Å². The maximum atomic E-state index is 13.1. The van der Waals surface area contributed by atoms with Crippen LogP contribution in [0.15, 0.2) is 72.8 Å². The number of carbonyl (C=O) groups is 1. The molecule has 1 amide bonds. The first kappa shape index (κ1) is 20.9. The molecule has 0 spiro atoms. The van der Waals surface area contributed by atoms with E-state index in [1.807, 2.05) is 41.3 Å². The molecule has 0 unspecified atom stereocenters. The van der Waals surface area contributed by atoms with Crippen molar-refractivity contribution < 1.29 is 9.53 Å². The first-order chi connectivity index (χ1) is 16.2. The van der Waals surface area contributed by atoms with E-state index < -0.39 is 0 Å². The highest BCUT2D eigenvalue weighted by molar-refractivity contribution is 6.00. The Morgan fingerprint density at radius 1 is 0.818 bits per heavy atom. The van der Waals surface area contributed by atoms with Crippen molar-refractivity contribution in [3.8, 4) is 17.0 Å². The van der Waals surface area contributed by atoms with Crippen LogP contribution < -0.4 is 9.64 Å². The van der Waals surface area contributed by atoms with Crippen molar-refractivity contribution in [3.63, 3.8) is 0 Å². The fraction of sp³-hybridized carbons (Fsp3) is 0.222. The van der Waals surface area contributed by atoms with Gasteiger partial charge in [-0.25, -0.2) is 0 Å². The number of benzene rings is 3. The number of aromatic nitrogens is 2. The van der Waals surface area contributed by atoms with Gasteiger partial charge in [0.1, 0.15) is 11.4 Å². The molecular formula is C27H26N4O2.